The van der Waals surface area contributed by atoms with Crippen LogP contribution < -0.4 is 0 Å². The van der Waals surface area contributed by atoms with Crippen LogP contribution in [0.4, 0.5) is 0 Å². The van der Waals surface area contributed by atoms with E-state index in [-0.39, 0.29) is 6.42 Å². The summed E-state index contributed by atoms with van der Waals surface area (Å²) in [5.74, 6) is -2.26. The molecule has 0 saturated heterocycles. The van der Waals surface area contributed by atoms with Crippen molar-refractivity contribution in [2.75, 3.05) is 0 Å². The van der Waals surface area contributed by atoms with Gasteiger partial charge in [0.05, 0.1) is 0 Å². The average molecular weight is 421 g/mol. The van der Waals surface area contributed by atoms with E-state index in [1.807, 2.05) is 13.0 Å². The van der Waals surface area contributed by atoms with E-state index in [2.05, 4.69) is 45.9 Å². The number of Topliss-reactive ketones (excluding diaryl/α,β-unsaturated/α-hetero) is 1. The highest BCUT2D eigenvalue weighted by Gasteiger charge is 2.28. The molecule has 2 unspecified atom stereocenters. The summed E-state index contributed by atoms with van der Waals surface area (Å²) in [6.45, 7) is 10.6. The zero-order chi connectivity index (χ0) is 23.1. The third-order valence-electron chi connectivity index (χ3n) is 4.92. The highest BCUT2D eigenvalue weighted by atomic mass is 16.4. The molecular weight excluding hydrogens is 380 g/mol. The third-order valence-corrected chi connectivity index (χ3v) is 4.92. The number of hydrogen-bond donors (Lipinski definition) is 3. The number of carboxylic acids is 1. The highest BCUT2D eigenvalue weighted by molar-refractivity contribution is 5.89. The molecule has 0 rings (SSSR count). The molecule has 170 valence electrons. The van der Waals surface area contributed by atoms with Gasteiger partial charge in [-0.25, -0.2) is 4.79 Å². The van der Waals surface area contributed by atoms with Crippen LogP contribution in [0.3, 0.4) is 0 Å². The first-order valence-corrected chi connectivity index (χ1v) is 10.8. The Kier molecular flexibility index (Phi) is 14.8. The summed E-state index contributed by atoms with van der Waals surface area (Å²) in [7, 11) is 0. The van der Waals surface area contributed by atoms with Crippen LogP contribution in [-0.2, 0) is 9.59 Å². The lowest BCUT2D eigenvalue weighted by Gasteiger charge is -2.12. The van der Waals surface area contributed by atoms with Crippen LogP contribution in [0, 0.1) is 0 Å². The standard InChI is InChI=1S/C25H40O5/c1-18(2)10-6-11-19(3)12-7-13-20(4)14-8-15-21(5)16-9-17-22(26)23(27)24(28)25(29)30/h10,12,14,16,23-24,27-28H,6-9,11,13,15,17H2,1-5H3,(H,29,30). The molecule has 5 heteroatoms. The lowest BCUT2D eigenvalue weighted by molar-refractivity contribution is -0.157. The van der Waals surface area contributed by atoms with Crippen molar-refractivity contribution in [3.63, 3.8) is 0 Å². The quantitative estimate of drug-likeness (QED) is 0.313. The number of hydrogen-bond acceptors (Lipinski definition) is 4. The Morgan fingerprint density at radius 3 is 1.37 bits per heavy atom. The van der Waals surface area contributed by atoms with Gasteiger partial charge in [0.15, 0.2) is 11.9 Å². The van der Waals surface area contributed by atoms with Gasteiger partial charge in [-0.05, 0) is 79.6 Å². The molecular formula is C25H40O5. The number of aliphatic hydroxyl groups is 2. The summed E-state index contributed by atoms with van der Waals surface area (Å²) in [4.78, 5) is 22.3. The molecule has 0 aliphatic rings. The normalized spacial score (nSPS) is 15.0. The largest absolute Gasteiger partial charge is 0.479 e. The highest BCUT2D eigenvalue weighted by Crippen LogP contribution is 2.14. The van der Waals surface area contributed by atoms with Crippen molar-refractivity contribution in [2.45, 2.75) is 98.2 Å². The fraction of sp³-hybridized carbons (Fsp3) is 0.600. The number of carbonyl (C=O) groups is 2. The zero-order valence-electron chi connectivity index (χ0n) is 19.3. The Labute approximate surface area is 181 Å². The van der Waals surface area contributed by atoms with Gasteiger partial charge >= 0.3 is 5.97 Å². The lowest BCUT2D eigenvalue weighted by atomic mass is 10.0. The number of carboxylic acid groups (broad SMARTS) is 1. The van der Waals surface area contributed by atoms with Gasteiger partial charge in [0.2, 0.25) is 0 Å². The molecule has 0 saturated carbocycles. The van der Waals surface area contributed by atoms with E-state index in [0.29, 0.717) is 6.42 Å². The molecule has 2 atom stereocenters. The Morgan fingerprint density at radius 1 is 0.633 bits per heavy atom. The van der Waals surface area contributed by atoms with Crippen molar-refractivity contribution in [3.8, 4) is 0 Å². The molecule has 0 aromatic carbocycles. The Hall–Kier alpha value is -1.98. The van der Waals surface area contributed by atoms with E-state index >= 15 is 0 Å². The van der Waals surface area contributed by atoms with E-state index in [4.69, 9.17) is 5.11 Å². The molecule has 0 heterocycles. The maximum absolute atomic E-state index is 11.7. The summed E-state index contributed by atoms with van der Waals surface area (Å²) in [5.41, 5.74) is 5.33. The maximum atomic E-state index is 11.7. The van der Waals surface area contributed by atoms with Gasteiger partial charge in [0.25, 0.3) is 0 Å². The van der Waals surface area contributed by atoms with Crippen LogP contribution in [-0.4, -0.2) is 39.3 Å². The first-order valence-electron chi connectivity index (χ1n) is 10.8. The monoisotopic (exact) mass is 420 g/mol. The molecule has 0 aliphatic heterocycles. The van der Waals surface area contributed by atoms with Crippen LogP contribution in [0.25, 0.3) is 0 Å². The number of carbonyl (C=O) groups excluding carboxylic acids is 1. The number of aliphatic hydroxyl groups excluding tert-OH is 2. The number of rotatable bonds is 15. The molecule has 0 fully saturated rings. The van der Waals surface area contributed by atoms with E-state index < -0.39 is 24.0 Å². The second-order valence-corrected chi connectivity index (χ2v) is 8.28. The average Bonchev–Trinajstić information content (AvgIpc) is 2.66. The number of allylic oxidation sites excluding steroid dienone is 8. The Balaban J connectivity index is 4.18. The Morgan fingerprint density at radius 2 is 1.00 bits per heavy atom. The second kappa shape index (κ2) is 15.8. The van der Waals surface area contributed by atoms with E-state index in [1.54, 1.807) is 0 Å². The molecule has 30 heavy (non-hydrogen) atoms. The van der Waals surface area contributed by atoms with Crippen LogP contribution in [0.15, 0.2) is 46.6 Å². The molecule has 0 bridgehead atoms. The minimum atomic E-state index is -2.06. The topological polar surface area (TPSA) is 94.8 Å². The smallest absolute Gasteiger partial charge is 0.335 e. The van der Waals surface area contributed by atoms with Crippen molar-refractivity contribution in [2.24, 2.45) is 0 Å². The van der Waals surface area contributed by atoms with Gasteiger partial charge in [-0.15, -0.1) is 0 Å². The molecule has 0 spiro atoms. The zero-order valence-corrected chi connectivity index (χ0v) is 19.3. The fourth-order valence-electron chi connectivity index (χ4n) is 2.91. The van der Waals surface area contributed by atoms with E-state index in [0.717, 1.165) is 44.1 Å². The summed E-state index contributed by atoms with van der Waals surface area (Å²) >= 11 is 0. The SMILES string of the molecule is CC(C)=CCCC(C)=CCCC(C)=CCCC(C)=CCCC(=O)C(O)C(O)C(=O)O. The predicted molar refractivity (Wildman–Crippen MR) is 122 cm³/mol. The third kappa shape index (κ3) is 14.1. The molecule has 5 nitrogen and oxygen atoms in total. The number of ketones is 1. The summed E-state index contributed by atoms with van der Waals surface area (Å²) in [6, 6.07) is 0. The first-order chi connectivity index (χ1) is 14.0. The molecule has 3 N–H and O–H groups in total. The molecule has 0 amide bonds. The van der Waals surface area contributed by atoms with Crippen LogP contribution in [0.2, 0.25) is 0 Å². The van der Waals surface area contributed by atoms with Crippen molar-refractivity contribution in [3.05, 3.63) is 46.6 Å². The predicted octanol–water partition coefficient (Wildman–Crippen LogP) is 5.29. The first kappa shape index (κ1) is 28.0. The second-order valence-electron chi connectivity index (χ2n) is 8.28. The maximum Gasteiger partial charge on any atom is 0.335 e. The van der Waals surface area contributed by atoms with Gasteiger partial charge in [-0.3, -0.25) is 4.79 Å². The van der Waals surface area contributed by atoms with Crippen LogP contribution in [0.1, 0.15) is 86.0 Å². The van der Waals surface area contributed by atoms with Gasteiger partial charge in [0.1, 0.15) is 6.10 Å². The van der Waals surface area contributed by atoms with Crippen molar-refractivity contribution < 1.29 is 24.9 Å². The number of aliphatic carboxylic acids is 1. The summed E-state index contributed by atoms with van der Waals surface area (Å²) in [6.07, 6.45) is 11.5. The van der Waals surface area contributed by atoms with Gasteiger partial charge in [-0.2, -0.15) is 0 Å². The molecule has 0 radical (unpaired) electrons. The van der Waals surface area contributed by atoms with Crippen molar-refractivity contribution >= 4 is 11.8 Å². The molecule has 0 aromatic rings. The molecule has 0 aliphatic carbocycles. The van der Waals surface area contributed by atoms with Crippen molar-refractivity contribution in [1.29, 1.82) is 0 Å². The van der Waals surface area contributed by atoms with E-state index in [9.17, 15) is 19.8 Å². The summed E-state index contributed by atoms with van der Waals surface area (Å²) < 4.78 is 0. The summed E-state index contributed by atoms with van der Waals surface area (Å²) in [5, 5.41) is 27.3. The minimum absolute atomic E-state index is 0.0109. The lowest BCUT2D eigenvalue weighted by Crippen LogP contribution is -2.39. The van der Waals surface area contributed by atoms with Gasteiger partial charge < -0.3 is 15.3 Å². The fourth-order valence-corrected chi connectivity index (χ4v) is 2.91. The van der Waals surface area contributed by atoms with Crippen LogP contribution >= 0.6 is 0 Å². The van der Waals surface area contributed by atoms with Gasteiger partial charge in [0, 0.05) is 6.42 Å². The van der Waals surface area contributed by atoms with Crippen molar-refractivity contribution in [1.82, 2.24) is 0 Å². The molecule has 0 aromatic heterocycles. The minimum Gasteiger partial charge on any atom is -0.479 e. The van der Waals surface area contributed by atoms with Crippen LogP contribution in [0.5, 0.6) is 0 Å². The van der Waals surface area contributed by atoms with Gasteiger partial charge in [-0.1, -0.05) is 46.6 Å². The Bertz CT molecular complexity index is 663. The van der Waals surface area contributed by atoms with E-state index in [1.165, 1.54) is 16.7 Å².